The average molecular weight is 326 g/mol. The number of ether oxygens (including phenoxy) is 2. The van der Waals surface area contributed by atoms with Gasteiger partial charge in [-0.2, -0.15) is 0 Å². The van der Waals surface area contributed by atoms with Gasteiger partial charge >= 0.3 is 0 Å². The second-order valence-corrected chi connectivity index (χ2v) is 6.30. The van der Waals surface area contributed by atoms with E-state index in [1.165, 1.54) is 6.07 Å². The Kier molecular flexibility index (Phi) is 3.61. The lowest BCUT2D eigenvalue weighted by Crippen LogP contribution is -2.56. The minimum Gasteiger partial charge on any atom is -0.483 e. The summed E-state index contributed by atoms with van der Waals surface area (Å²) in [4.78, 5) is 24.9. The molecule has 6 nitrogen and oxygen atoms in total. The van der Waals surface area contributed by atoms with Crippen molar-refractivity contribution in [2.24, 2.45) is 0 Å². The van der Waals surface area contributed by atoms with Gasteiger partial charge in [0.2, 0.25) is 5.43 Å². The van der Waals surface area contributed by atoms with Crippen LogP contribution in [0.5, 0.6) is 5.75 Å². The Balaban J connectivity index is 1.66. The molecule has 4 rings (SSSR count). The Bertz CT molecular complexity index is 823. The van der Waals surface area contributed by atoms with Crippen molar-refractivity contribution in [2.45, 2.75) is 25.1 Å². The molecule has 0 saturated carbocycles. The monoisotopic (exact) mass is 326 g/mol. The number of amides is 1. The summed E-state index contributed by atoms with van der Waals surface area (Å²) >= 11 is 0. The van der Waals surface area contributed by atoms with E-state index in [0.717, 1.165) is 12.0 Å². The molecule has 1 N–H and O–H groups in total. The maximum Gasteiger partial charge on any atom is 0.272 e. The van der Waals surface area contributed by atoms with E-state index in [9.17, 15) is 9.59 Å². The largest absolute Gasteiger partial charge is 0.483 e. The minimum atomic E-state index is -0.379. The number of rotatable bonds is 3. The molecule has 0 bridgehead atoms. The van der Waals surface area contributed by atoms with Gasteiger partial charge in [-0.25, -0.2) is 0 Å². The van der Waals surface area contributed by atoms with E-state index in [0.29, 0.717) is 19.8 Å². The van der Waals surface area contributed by atoms with Crippen LogP contribution in [0.3, 0.4) is 0 Å². The topological polar surface area (TPSA) is 69.6 Å². The lowest BCUT2D eigenvalue weighted by Gasteiger charge is -2.35. The van der Waals surface area contributed by atoms with Crippen LogP contribution in [-0.2, 0) is 17.9 Å². The minimum absolute atomic E-state index is 0.104. The van der Waals surface area contributed by atoms with Gasteiger partial charge in [0.1, 0.15) is 6.61 Å². The summed E-state index contributed by atoms with van der Waals surface area (Å²) in [7, 11) is 0. The number of aromatic nitrogens is 1. The van der Waals surface area contributed by atoms with Gasteiger partial charge in [0.25, 0.3) is 5.91 Å². The highest BCUT2D eigenvalue weighted by molar-refractivity contribution is 5.96. The Labute approximate surface area is 139 Å². The zero-order valence-electron chi connectivity index (χ0n) is 13.2. The summed E-state index contributed by atoms with van der Waals surface area (Å²) in [6.45, 7) is 1.95. The molecule has 0 radical (unpaired) electrons. The van der Waals surface area contributed by atoms with E-state index in [4.69, 9.17) is 9.47 Å². The van der Waals surface area contributed by atoms with Crippen LogP contribution in [0.1, 0.15) is 22.5 Å². The summed E-state index contributed by atoms with van der Waals surface area (Å²) in [5.41, 5.74) is 0.564. The van der Waals surface area contributed by atoms with Gasteiger partial charge in [-0.05, 0) is 12.0 Å². The molecule has 1 fully saturated rings. The highest BCUT2D eigenvalue weighted by atomic mass is 16.5. The SMILES string of the molecule is O=C1NC2(CCOC2)Cn2ccc(=O)c(OCc3ccccc3)c21. The average Bonchev–Trinajstić information content (AvgIpc) is 3.03. The smallest absolute Gasteiger partial charge is 0.272 e. The van der Waals surface area contributed by atoms with Gasteiger partial charge in [-0.3, -0.25) is 9.59 Å². The molecule has 0 aliphatic carbocycles. The van der Waals surface area contributed by atoms with Crippen molar-refractivity contribution in [3.8, 4) is 5.75 Å². The summed E-state index contributed by atoms with van der Waals surface area (Å²) in [5, 5.41) is 3.01. The van der Waals surface area contributed by atoms with E-state index in [-0.39, 0.29) is 34.9 Å². The van der Waals surface area contributed by atoms with E-state index >= 15 is 0 Å². The van der Waals surface area contributed by atoms with Crippen LogP contribution in [0.4, 0.5) is 0 Å². The van der Waals surface area contributed by atoms with Crippen LogP contribution in [-0.4, -0.2) is 29.2 Å². The molecular weight excluding hydrogens is 308 g/mol. The number of hydrogen-bond donors (Lipinski definition) is 1. The third-order valence-electron chi connectivity index (χ3n) is 4.53. The van der Waals surface area contributed by atoms with E-state index in [2.05, 4.69) is 5.32 Å². The number of hydrogen-bond acceptors (Lipinski definition) is 4. The molecule has 24 heavy (non-hydrogen) atoms. The van der Waals surface area contributed by atoms with Crippen LogP contribution >= 0.6 is 0 Å². The third-order valence-corrected chi connectivity index (χ3v) is 4.53. The van der Waals surface area contributed by atoms with Crippen LogP contribution < -0.4 is 15.5 Å². The molecule has 1 spiro atoms. The van der Waals surface area contributed by atoms with Crippen LogP contribution in [0.15, 0.2) is 47.4 Å². The second-order valence-electron chi connectivity index (χ2n) is 6.30. The van der Waals surface area contributed by atoms with Crippen molar-refractivity contribution in [1.29, 1.82) is 0 Å². The maximum absolute atomic E-state index is 12.6. The van der Waals surface area contributed by atoms with Crippen molar-refractivity contribution in [3.63, 3.8) is 0 Å². The van der Waals surface area contributed by atoms with E-state index in [1.807, 2.05) is 30.3 Å². The normalized spacial score (nSPS) is 22.2. The molecule has 1 unspecified atom stereocenters. The second kappa shape index (κ2) is 5.79. The van der Waals surface area contributed by atoms with E-state index in [1.54, 1.807) is 10.8 Å². The molecule has 6 heteroatoms. The van der Waals surface area contributed by atoms with E-state index < -0.39 is 0 Å². The van der Waals surface area contributed by atoms with Crippen molar-refractivity contribution in [3.05, 3.63) is 64.1 Å². The lowest BCUT2D eigenvalue weighted by molar-refractivity contribution is 0.0795. The molecule has 1 amide bonds. The fourth-order valence-corrected chi connectivity index (χ4v) is 3.29. The molecule has 124 valence electrons. The van der Waals surface area contributed by atoms with Crippen molar-refractivity contribution in [1.82, 2.24) is 9.88 Å². The van der Waals surface area contributed by atoms with Crippen molar-refractivity contribution < 1.29 is 14.3 Å². The fraction of sp³-hybridized carbons (Fsp3) is 0.333. The molecular formula is C18H18N2O4. The number of carbonyl (C=O) groups is 1. The first-order chi connectivity index (χ1) is 11.7. The van der Waals surface area contributed by atoms with Crippen LogP contribution in [0.25, 0.3) is 0 Å². The van der Waals surface area contributed by atoms with Crippen LogP contribution in [0.2, 0.25) is 0 Å². The molecule has 2 aromatic rings. The first-order valence-corrected chi connectivity index (χ1v) is 7.97. The number of carbonyl (C=O) groups excluding carboxylic acids is 1. The zero-order chi connectivity index (χ0) is 16.6. The summed E-state index contributed by atoms with van der Waals surface area (Å²) in [6, 6.07) is 11.0. The highest BCUT2D eigenvalue weighted by Crippen LogP contribution is 2.28. The molecule has 2 aliphatic heterocycles. The van der Waals surface area contributed by atoms with Gasteiger partial charge in [0.15, 0.2) is 11.4 Å². The Morgan fingerprint density at radius 3 is 2.79 bits per heavy atom. The standard InChI is InChI=1S/C18H18N2O4/c21-14-6-8-20-11-18(7-9-23-12-18)19-17(22)15(20)16(14)24-10-13-4-2-1-3-5-13/h1-6,8H,7,9-12H2,(H,19,22). The number of pyridine rings is 1. The van der Waals surface area contributed by atoms with Gasteiger partial charge in [-0.1, -0.05) is 30.3 Å². The van der Waals surface area contributed by atoms with Crippen molar-refractivity contribution in [2.75, 3.05) is 13.2 Å². The highest BCUT2D eigenvalue weighted by Gasteiger charge is 2.42. The van der Waals surface area contributed by atoms with Gasteiger partial charge in [0, 0.05) is 25.4 Å². The third kappa shape index (κ3) is 2.59. The Hall–Kier alpha value is -2.60. The summed E-state index contributed by atoms with van der Waals surface area (Å²) < 4.78 is 13.0. The molecule has 1 aromatic carbocycles. The Morgan fingerprint density at radius 1 is 1.21 bits per heavy atom. The molecule has 2 aliphatic rings. The quantitative estimate of drug-likeness (QED) is 0.924. The number of benzene rings is 1. The number of nitrogens with one attached hydrogen (secondary N) is 1. The molecule has 1 atom stereocenters. The number of fused-ring (bicyclic) bond motifs is 1. The van der Waals surface area contributed by atoms with Gasteiger partial charge < -0.3 is 19.4 Å². The Morgan fingerprint density at radius 2 is 2.04 bits per heavy atom. The van der Waals surface area contributed by atoms with Gasteiger partial charge in [0.05, 0.1) is 12.1 Å². The molecule has 1 saturated heterocycles. The van der Waals surface area contributed by atoms with Crippen LogP contribution in [0, 0.1) is 0 Å². The predicted octanol–water partition coefficient (Wildman–Crippen LogP) is 1.33. The summed E-state index contributed by atoms with van der Waals surface area (Å²) in [6.07, 6.45) is 2.43. The molecule has 1 aromatic heterocycles. The first-order valence-electron chi connectivity index (χ1n) is 7.97. The fourth-order valence-electron chi connectivity index (χ4n) is 3.29. The predicted molar refractivity (Wildman–Crippen MR) is 87.1 cm³/mol. The van der Waals surface area contributed by atoms with Gasteiger partial charge in [-0.15, -0.1) is 0 Å². The zero-order valence-corrected chi connectivity index (χ0v) is 13.2. The first kappa shape index (κ1) is 15.0. The number of nitrogens with zero attached hydrogens (tertiary/aromatic N) is 1. The molecule has 3 heterocycles. The van der Waals surface area contributed by atoms with Crippen molar-refractivity contribution >= 4 is 5.91 Å². The lowest BCUT2D eigenvalue weighted by atomic mass is 9.95. The maximum atomic E-state index is 12.6. The summed E-state index contributed by atoms with van der Waals surface area (Å²) in [5.74, 6) is -0.180.